The van der Waals surface area contributed by atoms with Gasteiger partial charge in [-0.1, -0.05) is 15.9 Å². The van der Waals surface area contributed by atoms with Crippen LogP contribution in [0.25, 0.3) is 0 Å². The van der Waals surface area contributed by atoms with Gasteiger partial charge >= 0.3 is 0 Å². The van der Waals surface area contributed by atoms with Gasteiger partial charge in [0.25, 0.3) is 0 Å². The van der Waals surface area contributed by atoms with E-state index in [1.165, 1.54) is 0 Å². The van der Waals surface area contributed by atoms with Gasteiger partial charge in [0.15, 0.2) is 6.19 Å². The van der Waals surface area contributed by atoms with Gasteiger partial charge in [-0.05, 0) is 13.8 Å². The summed E-state index contributed by atoms with van der Waals surface area (Å²) >= 11 is 3.27. The van der Waals surface area contributed by atoms with Crippen LogP contribution in [-0.2, 0) is 0 Å². The molecule has 0 heterocycles. The predicted molar refractivity (Wildman–Crippen MR) is 41.2 cm³/mol. The molecule has 3 heteroatoms. The number of alkyl halides is 1. The Morgan fingerprint density at radius 2 is 2.22 bits per heavy atom. The fourth-order valence-electron chi connectivity index (χ4n) is 0.515. The molecule has 0 aliphatic carbocycles. The maximum Gasteiger partial charge on any atom is 0.179 e. The third-order valence-corrected chi connectivity index (χ3v) is 1.43. The van der Waals surface area contributed by atoms with Crippen LogP contribution >= 0.6 is 15.9 Å². The second-order valence-corrected chi connectivity index (χ2v) is 2.87. The fraction of sp³-hybridized carbons (Fsp3) is 0.833. The summed E-state index contributed by atoms with van der Waals surface area (Å²) in [6.45, 7) is 4.81. The van der Waals surface area contributed by atoms with Gasteiger partial charge in [-0.3, -0.25) is 0 Å². The molecule has 0 aromatic rings. The van der Waals surface area contributed by atoms with E-state index < -0.39 is 0 Å². The molecule has 0 saturated carbocycles. The van der Waals surface area contributed by atoms with Crippen molar-refractivity contribution in [1.82, 2.24) is 4.90 Å². The molecular weight excluding hydrogens is 180 g/mol. The molecule has 0 atom stereocenters. The van der Waals surface area contributed by atoms with Crippen LogP contribution in [0.3, 0.4) is 0 Å². The van der Waals surface area contributed by atoms with Crippen LogP contribution in [0.5, 0.6) is 0 Å². The van der Waals surface area contributed by atoms with Gasteiger partial charge in [-0.15, -0.1) is 0 Å². The van der Waals surface area contributed by atoms with E-state index in [1.807, 2.05) is 13.8 Å². The molecule has 0 unspecified atom stereocenters. The molecule has 0 saturated heterocycles. The van der Waals surface area contributed by atoms with Gasteiger partial charge in [0.2, 0.25) is 0 Å². The molecule has 0 amide bonds. The van der Waals surface area contributed by atoms with Crippen molar-refractivity contribution in [2.24, 2.45) is 0 Å². The SMILES string of the molecule is CC(C)N(C#N)CCBr. The molecule has 9 heavy (non-hydrogen) atoms. The van der Waals surface area contributed by atoms with Crippen molar-refractivity contribution in [2.75, 3.05) is 11.9 Å². The number of rotatable bonds is 3. The van der Waals surface area contributed by atoms with E-state index in [9.17, 15) is 0 Å². The topological polar surface area (TPSA) is 27.0 Å². The highest BCUT2D eigenvalue weighted by atomic mass is 79.9. The van der Waals surface area contributed by atoms with E-state index in [0.717, 1.165) is 11.9 Å². The minimum Gasteiger partial charge on any atom is -0.307 e. The quantitative estimate of drug-likeness (QED) is 0.384. The van der Waals surface area contributed by atoms with Gasteiger partial charge in [0.05, 0.1) is 0 Å². The Morgan fingerprint density at radius 3 is 2.33 bits per heavy atom. The molecule has 0 N–H and O–H groups in total. The molecule has 0 aliphatic heterocycles. The smallest absolute Gasteiger partial charge is 0.179 e. The Balaban J connectivity index is 3.58. The average Bonchev–Trinajstić information content (AvgIpc) is 1.82. The molecule has 52 valence electrons. The summed E-state index contributed by atoms with van der Waals surface area (Å²) in [4.78, 5) is 1.73. The zero-order chi connectivity index (χ0) is 7.28. The summed E-state index contributed by atoms with van der Waals surface area (Å²) in [6, 6.07) is 0.326. The summed E-state index contributed by atoms with van der Waals surface area (Å²) in [5, 5.41) is 9.34. The van der Waals surface area contributed by atoms with Crippen molar-refractivity contribution in [3.63, 3.8) is 0 Å². The lowest BCUT2D eigenvalue weighted by Crippen LogP contribution is -2.27. The fourth-order valence-corrected chi connectivity index (χ4v) is 0.897. The second-order valence-electron chi connectivity index (χ2n) is 2.08. The summed E-state index contributed by atoms with van der Waals surface area (Å²) in [7, 11) is 0. The number of hydrogen-bond acceptors (Lipinski definition) is 2. The number of nitrogens with zero attached hydrogens (tertiary/aromatic N) is 2. The van der Waals surface area contributed by atoms with Crippen LogP contribution in [0.4, 0.5) is 0 Å². The summed E-state index contributed by atoms with van der Waals surface area (Å²) < 4.78 is 0. The minimum absolute atomic E-state index is 0.326. The van der Waals surface area contributed by atoms with Crippen LogP contribution in [-0.4, -0.2) is 22.8 Å². The van der Waals surface area contributed by atoms with Crippen molar-refractivity contribution >= 4 is 15.9 Å². The molecule has 0 aromatic carbocycles. The van der Waals surface area contributed by atoms with E-state index in [2.05, 4.69) is 22.1 Å². The van der Waals surface area contributed by atoms with E-state index >= 15 is 0 Å². The van der Waals surface area contributed by atoms with Crippen LogP contribution < -0.4 is 0 Å². The van der Waals surface area contributed by atoms with Gasteiger partial charge < -0.3 is 4.90 Å². The van der Waals surface area contributed by atoms with Crippen LogP contribution in [0.1, 0.15) is 13.8 Å². The molecule has 0 bridgehead atoms. The third kappa shape index (κ3) is 3.36. The van der Waals surface area contributed by atoms with Gasteiger partial charge in [-0.2, -0.15) is 5.26 Å². The average molecular weight is 191 g/mol. The molecule has 2 nitrogen and oxygen atoms in total. The van der Waals surface area contributed by atoms with Crippen LogP contribution in [0, 0.1) is 11.5 Å². The van der Waals surface area contributed by atoms with E-state index in [0.29, 0.717) is 6.04 Å². The number of halogens is 1. The summed E-state index contributed by atoms with van der Waals surface area (Å²) in [5.41, 5.74) is 0. The summed E-state index contributed by atoms with van der Waals surface area (Å²) in [6.07, 6.45) is 2.11. The molecule has 0 rings (SSSR count). The Bertz CT molecular complexity index is 106. The lowest BCUT2D eigenvalue weighted by Gasteiger charge is -2.17. The van der Waals surface area contributed by atoms with Gasteiger partial charge in [0.1, 0.15) is 0 Å². The van der Waals surface area contributed by atoms with Crippen LogP contribution in [0.15, 0.2) is 0 Å². The van der Waals surface area contributed by atoms with Crippen LogP contribution in [0.2, 0.25) is 0 Å². The lowest BCUT2D eigenvalue weighted by atomic mass is 10.3. The molecule has 0 fully saturated rings. The standard InChI is InChI=1S/C6H11BrN2/c1-6(2)9(5-8)4-3-7/h6H,3-4H2,1-2H3. The van der Waals surface area contributed by atoms with Gasteiger partial charge in [-0.25, -0.2) is 0 Å². The van der Waals surface area contributed by atoms with E-state index in [4.69, 9.17) is 5.26 Å². The monoisotopic (exact) mass is 190 g/mol. The van der Waals surface area contributed by atoms with E-state index in [-0.39, 0.29) is 0 Å². The van der Waals surface area contributed by atoms with E-state index in [1.54, 1.807) is 4.90 Å². The minimum atomic E-state index is 0.326. The maximum atomic E-state index is 8.48. The van der Waals surface area contributed by atoms with Crippen molar-refractivity contribution in [3.05, 3.63) is 0 Å². The second kappa shape index (κ2) is 4.63. The maximum absolute atomic E-state index is 8.48. The Labute approximate surface area is 64.6 Å². The lowest BCUT2D eigenvalue weighted by molar-refractivity contribution is 0.345. The molecule has 0 spiro atoms. The normalized spacial score (nSPS) is 9.22. The molecule has 0 radical (unpaired) electrons. The first-order chi connectivity index (χ1) is 4.22. The van der Waals surface area contributed by atoms with Gasteiger partial charge in [0, 0.05) is 17.9 Å². The molecular formula is C6H11BrN2. The van der Waals surface area contributed by atoms with Crippen molar-refractivity contribution in [2.45, 2.75) is 19.9 Å². The highest BCUT2D eigenvalue weighted by Crippen LogP contribution is 1.95. The first-order valence-corrected chi connectivity index (χ1v) is 4.07. The third-order valence-electron chi connectivity index (χ3n) is 1.08. The first kappa shape index (κ1) is 8.77. The Hall–Kier alpha value is -0.230. The van der Waals surface area contributed by atoms with Crippen molar-refractivity contribution in [1.29, 1.82) is 5.26 Å². The zero-order valence-electron chi connectivity index (χ0n) is 5.76. The van der Waals surface area contributed by atoms with Crippen molar-refractivity contribution < 1.29 is 0 Å². The highest BCUT2D eigenvalue weighted by Gasteiger charge is 2.02. The van der Waals surface area contributed by atoms with Crippen molar-refractivity contribution in [3.8, 4) is 6.19 Å². The molecule has 0 aromatic heterocycles. The Kier molecular flexibility index (Phi) is 4.51. The predicted octanol–water partition coefficient (Wildman–Crippen LogP) is 1.57. The number of hydrogen-bond donors (Lipinski definition) is 0. The highest BCUT2D eigenvalue weighted by molar-refractivity contribution is 9.09. The zero-order valence-corrected chi connectivity index (χ0v) is 7.35. The Morgan fingerprint density at radius 1 is 1.67 bits per heavy atom. The largest absolute Gasteiger partial charge is 0.307 e. The first-order valence-electron chi connectivity index (χ1n) is 2.94. The number of nitriles is 1. The molecule has 0 aliphatic rings. The summed E-state index contributed by atoms with van der Waals surface area (Å²) in [5.74, 6) is 0.